The molecule has 1 amide bonds. The van der Waals surface area contributed by atoms with Crippen LogP contribution in [-0.2, 0) is 18.4 Å². The smallest absolute Gasteiger partial charge is 0.387 e. The fourth-order valence-corrected chi connectivity index (χ4v) is 6.33. The van der Waals surface area contributed by atoms with Gasteiger partial charge in [0.25, 0.3) is 0 Å². The Hall–Kier alpha value is -2.32. The molecule has 3 N–H and O–H groups in total. The topological polar surface area (TPSA) is 105 Å². The van der Waals surface area contributed by atoms with Crippen LogP contribution in [0.1, 0.15) is 155 Å². The number of allylic oxidation sites excluding steroid dienone is 13. The standard InChI is InChI=1S/C47H83N2O6P/c1-6-8-10-12-14-16-18-20-22-23-24-25-27-28-30-32-34-36-38-40-46(50)45(44-55-56(52,53)54-43-42-49(3,4)5)48-47(51)41-39-37-35-33-31-29-26-21-19-17-15-13-11-9-7-2/h9,11,15,17,21,24-26,30-33,38,40,45-46,50H,6-8,10,12-14,16,18-20,22-23,27-29,34-37,39,41-44H2,1-5H3,(H-,48,51,52,53)/p+1/b11-9-,17-15-,25-24+,26-21-,32-30+,33-31-,40-38+. The summed E-state index contributed by atoms with van der Waals surface area (Å²) in [6.45, 7) is 4.61. The zero-order valence-electron chi connectivity index (χ0n) is 36.3. The third-order valence-electron chi connectivity index (χ3n) is 9.08. The van der Waals surface area contributed by atoms with E-state index in [2.05, 4.69) is 92.1 Å². The lowest BCUT2D eigenvalue weighted by Gasteiger charge is -2.25. The molecule has 0 fully saturated rings. The van der Waals surface area contributed by atoms with E-state index in [1.54, 1.807) is 6.08 Å². The zero-order chi connectivity index (χ0) is 41.4. The van der Waals surface area contributed by atoms with Gasteiger partial charge in [0.15, 0.2) is 0 Å². The molecule has 0 aliphatic heterocycles. The number of quaternary nitrogens is 1. The molecule has 0 aromatic carbocycles. The second kappa shape index (κ2) is 38.2. The Morgan fingerprint density at radius 2 is 1.09 bits per heavy atom. The Balaban J connectivity index is 4.61. The third-order valence-corrected chi connectivity index (χ3v) is 10.1. The maximum Gasteiger partial charge on any atom is 0.472 e. The fourth-order valence-electron chi connectivity index (χ4n) is 5.59. The van der Waals surface area contributed by atoms with Gasteiger partial charge in [0.05, 0.1) is 39.9 Å². The molecular formula is C47H84N2O6P+. The number of carbonyl (C=O) groups is 1. The number of unbranched alkanes of at least 4 members (excludes halogenated alkanes) is 13. The van der Waals surface area contributed by atoms with Gasteiger partial charge in [-0.05, 0) is 83.5 Å². The molecule has 3 unspecified atom stereocenters. The molecule has 0 rings (SSSR count). The Kier molecular flexibility index (Phi) is 36.6. The van der Waals surface area contributed by atoms with Crippen LogP contribution in [0.15, 0.2) is 85.1 Å². The van der Waals surface area contributed by atoms with Crippen LogP contribution < -0.4 is 5.32 Å². The third kappa shape index (κ3) is 39.9. The average molecular weight is 804 g/mol. The second-order valence-electron chi connectivity index (χ2n) is 15.7. The normalized spacial score (nSPS) is 15.2. The molecule has 3 atom stereocenters. The molecule has 0 saturated heterocycles. The van der Waals surface area contributed by atoms with Crippen molar-refractivity contribution in [2.24, 2.45) is 0 Å². The van der Waals surface area contributed by atoms with Gasteiger partial charge in [-0.25, -0.2) is 4.57 Å². The number of likely N-dealkylation sites (N-methyl/N-ethyl adjacent to an activating group) is 1. The average Bonchev–Trinajstić information content (AvgIpc) is 3.15. The van der Waals surface area contributed by atoms with Crippen molar-refractivity contribution in [2.45, 2.75) is 167 Å². The van der Waals surface area contributed by atoms with Crippen LogP contribution in [-0.4, -0.2) is 73.4 Å². The summed E-state index contributed by atoms with van der Waals surface area (Å²) in [6.07, 6.45) is 52.3. The van der Waals surface area contributed by atoms with Gasteiger partial charge in [0.2, 0.25) is 5.91 Å². The van der Waals surface area contributed by atoms with Gasteiger partial charge >= 0.3 is 7.82 Å². The van der Waals surface area contributed by atoms with Gasteiger partial charge in [-0.2, -0.15) is 0 Å². The summed E-state index contributed by atoms with van der Waals surface area (Å²) in [5.74, 6) is -0.236. The van der Waals surface area contributed by atoms with Crippen molar-refractivity contribution >= 4 is 13.7 Å². The fraction of sp³-hybridized carbons (Fsp3) is 0.681. The predicted molar refractivity (Wildman–Crippen MR) is 239 cm³/mol. The Morgan fingerprint density at radius 1 is 0.625 bits per heavy atom. The van der Waals surface area contributed by atoms with Crippen molar-refractivity contribution in [2.75, 3.05) is 40.9 Å². The Labute approximate surface area is 344 Å². The molecule has 0 spiro atoms. The quantitative estimate of drug-likeness (QED) is 0.0248. The van der Waals surface area contributed by atoms with E-state index in [4.69, 9.17) is 9.05 Å². The van der Waals surface area contributed by atoms with Gasteiger partial charge in [-0.3, -0.25) is 13.8 Å². The minimum Gasteiger partial charge on any atom is -0.387 e. The summed E-state index contributed by atoms with van der Waals surface area (Å²) in [5.41, 5.74) is 0. The zero-order valence-corrected chi connectivity index (χ0v) is 37.2. The molecule has 0 saturated carbocycles. The van der Waals surface area contributed by atoms with E-state index in [-0.39, 0.29) is 25.5 Å². The highest BCUT2D eigenvalue weighted by molar-refractivity contribution is 7.47. The summed E-state index contributed by atoms with van der Waals surface area (Å²) in [5, 5.41) is 13.8. The van der Waals surface area contributed by atoms with Crippen LogP contribution in [0.25, 0.3) is 0 Å². The molecule has 0 aliphatic carbocycles. The van der Waals surface area contributed by atoms with E-state index in [0.29, 0.717) is 17.4 Å². The molecule has 322 valence electrons. The summed E-state index contributed by atoms with van der Waals surface area (Å²) >= 11 is 0. The van der Waals surface area contributed by atoms with Gasteiger partial charge < -0.3 is 19.8 Å². The number of aliphatic hydroxyl groups excluding tert-OH is 1. The Morgan fingerprint density at radius 3 is 1.64 bits per heavy atom. The van der Waals surface area contributed by atoms with Gasteiger partial charge in [-0.15, -0.1) is 0 Å². The number of hydrogen-bond donors (Lipinski definition) is 3. The maximum atomic E-state index is 12.8. The summed E-state index contributed by atoms with van der Waals surface area (Å²) in [7, 11) is 1.50. The second-order valence-corrected chi connectivity index (χ2v) is 17.1. The van der Waals surface area contributed by atoms with Crippen molar-refractivity contribution in [3.63, 3.8) is 0 Å². The number of phosphoric ester groups is 1. The lowest BCUT2D eigenvalue weighted by molar-refractivity contribution is -0.870. The van der Waals surface area contributed by atoms with Crippen molar-refractivity contribution in [1.29, 1.82) is 0 Å². The number of amides is 1. The van der Waals surface area contributed by atoms with Crippen molar-refractivity contribution < 1.29 is 32.9 Å². The number of phosphoric acid groups is 1. The SMILES string of the molecule is CC/C=C\C/C=C\C/C=C\C/C=C\CCCCC(=O)NC(COP(=O)(O)OCC[N+](C)(C)C)C(O)/C=C/CC/C=C/CC/C=C/CCCCCCCCCCC. The minimum atomic E-state index is -4.36. The largest absolute Gasteiger partial charge is 0.472 e. The van der Waals surface area contributed by atoms with E-state index in [0.717, 1.165) is 64.2 Å². The van der Waals surface area contributed by atoms with Crippen LogP contribution in [0.4, 0.5) is 0 Å². The van der Waals surface area contributed by atoms with E-state index < -0.39 is 20.0 Å². The lowest BCUT2D eigenvalue weighted by atomic mass is 10.1. The number of nitrogens with zero attached hydrogens (tertiary/aromatic N) is 1. The summed E-state index contributed by atoms with van der Waals surface area (Å²) in [4.78, 5) is 23.1. The molecule has 0 aromatic heterocycles. The molecule has 56 heavy (non-hydrogen) atoms. The first-order valence-electron chi connectivity index (χ1n) is 22.0. The lowest BCUT2D eigenvalue weighted by Crippen LogP contribution is -2.45. The molecule has 0 bridgehead atoms. The van der Waals surface area contributed by atoms with Crippen LogP contribution in [0.5, 0.6) is 0 Å². The van der Waals surface area contributed by atoms with Gasteiger partial charge in [-0.1, -0.05) is 150 Å². The molecule has 8 nitrogen and oxygen atoms in total. The predicted octanol–water partition coefficient (Wildman–Crippen LogP) is 12.2. The van der Waals surface area contributed by atoms with E-state index >= 15 is 0 Å². The first kappa shape index (κ1) is 53.7. The van der Waals surface area contributed by atoms with E-state index in [9.17, 15) is 19.4 Å². The number of aliphatic hydroxyl groups is 1. The molecule has 9 heteroatoms. The van der Waals surface area contributed by atoms with E-state index in [1.807, 2.05) is 27.2 Å². The molecule has 0 radical (unpaired) electrons. The van der Waals surface area contributed by atoms with Crippen molar-refractivity contribution in [3.05, 3.63) is 85.1 Å². The number of hydrogen-bond acceptors (Lipinski definition) is 5. The van der Waals surface area contributed by atoms with Crippen molar-refractivity contribution in [3.8, 4) is 0 Å². The molecule has 0 aromatic rings. The maximum absolute atomic E-state index is 12.8. The van der Waals surface area contributed by atoms with Crippen molar-refractivity contribution in [1.82, 2.24) is 5.32 Å². The van der Waals surface area contributed by atoms with Gasteiger partial charge in [0.1, 0.15) is 13.2 Å². The number of nitrogens with one attached hydrogen (secondary N) is 1. The van der Waals surface area contributed by atoms with Crippen LogP contribution in [0.3, 0.4) is 0 Å². The first-order valence-corrected chi connectivity index (χ1v) is 23.5. The van der Waals surface area contributed by atoms with Gasteiger partial charge in [0, 0.05) is 6.42 Å². The molecular weight excluding hydrogens is 719 g/mol. The highest BCUT2D eigenvalue weighted by Crippen LogP contribution is 2.43. The Bertz CT molecular complexity index is 1180. The number of rotatable bonds is 38. The van der Waals surface area contributed by atoms with E-state index in [1.165, 1.54) is 64.2 Å². The highest BCUT2D eigenvalue weighted by Gasteiger charge is 2.27. The van der Waals surface area contributed by atoms with Crippen LogP contribution >= 0.6 is 7.82 Å². The minimum absolute atomic E-state index is 0.0409. The molecule has 0 aliphatic rings. The number of carbonyl (C=O) groups excluding carboxylic acids is 1. The van der Waals surface area contributed by atoms with Crippen LogP contribution in [0, 0.1) is 0 Å². The highest BCUT2D eigenvalue weighted by atomic mass is 31.2. The monoisotopic (exact) mass is 804 g/mol. The summed E-state index contributed by atoms with van der Waals surface area (Å²) < 4.78 is 23.5. The first-order chi connectivity index (χ1) is 27.0. The summed E-state index contributed by atoms with van der Waals surface area (Å²) in [6, 6.07) is -0.895. The van der Waals surface area contributed by atoms with Crippen LogP contribution in [0.2, 0.25) is 0 Å². The molecule has 0 heterocycles.